The van der Waals surface area contributed by atoms with Crippen LogP contribution in [0.25, 0.3) is 0 Å². The van der Waals surface area contributed by atoms with Crippen LogP contribution < -0.4 is 15.4 Å². The third-order valence-corrected chi connectivity index (χ3v) is 5.41. The second kappa shape index (κ2) is 12.8. The highest BCUT2D eigenvalue weighted by Gasteiger charge is 2.17. The molecule has 1 atom stereocenters. The number of rotatable bonds is 8. The van der Waals surface area contributed by atoms with E-state index in [1.54, 1.807) is 7.11 Å². The second-order valence-electron chi connectivity index (χ2n) is 7.47. The molecule has 0 saturated carbocycles. The van der Waals surface area contributed by atoms with E-state index in [1.165, 1.54) is 0 Å². The summed E-state index contributed by atoms with van der Waals surface area (Å²) in [4.78, 5) is 7.21. The predicted octanol–water partition coefficient (Wildman–Crippen LogP) is 1.71. The lowest BCUT2D eigenvalue weighted by Gasteiger charge is -2.32. The van der Waals surface area contributed by atoms with Gasteiger partial charge < -0.3 is 24.7 Å². The predicted molar refractivity (Wildman–Crippen MR) is 132 cm³/mol. The van der Waals surface area contributed by atoms with Crippen molar-refractivity contribution >= 4 is 29.9 Å². The molecule has 1 aromatic carbocycles. The zero-order chi connectivity index (χ0) is 21.3. The van der Waals surface area contributed by atoms with Gasteiger partial charge in [0, 0.05) is 32.7 Å². The minimum absolute atomic E-state index is 0. The Labute approximate surface area is 201 Å². The second-order valence-corrected chi connectivity index (χ2v) is 7.47. The van der Waals surface area contributed by atoms with E-state index in [2.05, 4.69) is 32.7 Å². The first-order valence-corrected chi connectivity index (χ1v) is 10.4. The molecule has 0 aliphatic carbocycles. The summed E-state index contributed by atoms with van der Waals surface area (Å²) in [7, 11) is 3.64. The number of ether oxygens (including phenoxy) is 2. The molecule has 1 saturated heterocycles. The fourth-order valence-electron chi connectivity index (χ4n) is 3.24. The van der Waals surface area contributed by atoms with E-state index in [1.807, 2.05) is 42.8 Å². The van der Waals surface area contributed by atoms with E-state index in [-0.39, 0.29) is 24.0 Å². The largest absolute Gasteiger partial charge is 0.497 e. The van der Waals surface area contributed by atoms with Crippen LogP contribution in [0.1, 0.15) is 24.1 Å². The Morgan fingerprint density at radius 3 is 2.52 bits per heavy atom. The number of nitrogens with zero attached hydrogens (tertiary/aromatic N) is 5. The van der Waals surface area contributed by atoms with Crippen LogP contribution >= 0.6 is 24.0 Å². The molecule has 2 N–H and O–H groups in total. The number of methoxy groups -OCH3 is 1. The van der Waals surface area contributed by atoms with E-state index in [0.717, 1.165) is 61.8 Å². The van der Waals surface area contributed by atoms with Gasteiger partial charge in [-0.05, 0) is 31.5 Å². The van der Waals surface area contributed by atoms with Crippen molar-refractivity contribution in [1.29, 1.82) is 0 Å². The molecule has 0 spiro atoms. The van der Waals surface area contributed by atoms with E-state index < -0.39 is 0 Å². The molecule has 31 heavy (non-hydrogen) atoms. The molecule has 1 aliphatic rings. The first-order chi connectivity index (χ1) is 14.6. The van der Waals surface area contributed by atoms with E-state index >= 15 is 0 Å². The standard InChI is InChI=1S/C21H33N7O2.HI/c1-16(28-9-11-30-12-10-28)13-22-21(24-15-20-26-25-17(2)27(20)3)23-14-18-5-7-19(29-4)8-6-18;/h5-8,16H,9-15H2,1-4H3,(H2,22,23,24);1H. The molecule has 0 amide bonds. The van der Waals surface area contributed by atoms with Crippen LogP contribution in [0.5, 0.6) is 5.75 Å². The Bertz CT molecular complexity index is 820. The number of hydrogen-bond donors (Lipinski definition) is 2. The van der Waals surface area contributed by atoms with Crippen molar-refractivity contribution in [2.45, 2.75) is 33.0 Å². The maximum Gasteiger partial charge on any atom is 0.192 e. The highest BCUT2D eigenvalue weighted by atomic mass is 127. The molecule has 2 heterocycles. The molecule has 0 bridgehead atoms. The Morgan fingerprint density at radius 2 is 1.90 bits per heavy atom. The molecular weight excluding hydrogens is 509 g/mol. The van der Waals surface area contributed by atoms with Gasteiger partial charge in [-0.3, -0.25) is 4.90 Å². The van der Waals surface area contributed by atoms with Crippen LogP contribution in [-0.4, -0.2) is 71.6 Å². The first kappa shape index (κ1) is 25.3. The zero-order valence-corrected chi connectivity index (χ0v) is 21.1. The summed E-state index contributed by atoms with van der Waals surface area (Å²) in [6.07, 6.45) is 0. The van der Waals surface area contributed by atoms with Gasteiger partial charge in [0.25, 0.3) is 0 Å². The number of nitrogens with one attached hydrogen (secondary N) is 2. The lowest BCUT2D eigenvalue weighted by molar-refractivity contribution is 0.0211. The Hall–Kier alpha value is -1.92. The summed E-state index contributed by atoms with van der Waals surface area (Å²) in [5, 5.41) is 15.2. The van der Waals surface area contributed by atoms with Crippen LogP contribution in [0.4, 0.5) is 0 Å². The van der Waals surface area contributed by atoms with Gasteiger partial charge in [0.15, 0.2) is 11.8 Å². The fraction of sp³-hybridized carbons (Fsp3) is 0.571. The van der Waals surface area contributed by atoms with Gasteiger partial charge in [0.1, 0.15) is 11.6 Å². The van der Waals surface area contributed by atoms with Gasteiger partial charge in [-0.2, -0.15) is 0 Å². The number of halogens is 1. The number of aromatic nitrogens is 3. The molecule has 9 nitrogen and oxygen atoms in total. The van der Waals surface area contributed by atoms with Crippen molar-refractivity contribution in [3.05, 3.63) is 41.5 Å². The quantitative estimate of drug-likeness (QED) is 0.298. The van der Waals surface area contributed by atoms with Gasteiger partial charge in [0.05, 0.1) is 33.4 Å². The van der Waals surface area contributed by atoms with Crippen molar-refractivity contribution < 1.29 is 9.47 Å². The van der Waals surface area contributed by atoms with Crippen LogP contribution in [0.2, 0.25) is 0 Å². The normalized spacial score (nSPS) is 15.8. The summed E-state index contributed by atoms with van der Waals surface area (Å²) >= 11 is 0. The van der Waals surface area contributed by atoms with Crippen molar-refractivity contribution in [1.82, 2.24) is 30.3 Å². The highest BCUT2D eigenvalue weighted by Crippen LogP contribution is 2.12. The van der Waals surface area contributed by atoms with E-state index in [9.17, 15) is 0 Å². The van der Waals surface area contributed by atoms with E-state index in [0.29, 0.717) is 19.1 Å². The molecule has 0 radical (unpaired) electrons. The van der Waals surface area contributed by atoms with Gasteiger partial charge in [-0.15, -0.1) is 34.2 Å². The maximum atomic E-state index is 5.46. The number of aryl methyl sites for hydroxylation is 1. The Morgan fingerprint density at radius 1 is 1.19 bits per heavy atom. The molecule has 2 aromatic rings. The third kappa shape index (κ3) is 7.62. The Balaban J connectivity index is 0.00000341. The number of hydrogen-bond acceptors (Lipinski definition) is 6. The van der Waals surface area contributed by atoms with Crippen molar-refractivity contribution in [3.63, 3.8) is 0 Å². The van der Waals surface area contributed by atoms with Gasteiger partial charge in [-0.25, -0.2) is 4.99 Å². The topological polar surface area (TPSA) is 88.8 Å². The van der Waals surface area contributed by atoms with Crippen LogP contribution in [0, 0.1) is 6.92 Å². The fourth-order valence-corrected chi connectivity index (χ4v) is 3.24. The van der Waals surface area contributed by atoms with E-state index in [4.69, 9.17) is 14.5 Å². The monoisotopic (exact) mass is 543 g/mol. The lowest BCUT2D eigenvalue weighted by atomic mass is 10.2. The molecule has 1 aliphatic heterocycles. The molecular formula is C21H34IN7O2. The lowest BCUT2D eigenvalue weighted by Crippen LogP contribution is -2.49. The summed E-state index contributed by atoms with van der Waals surface area (Å²) in [6, 6.07) is 8.35. The Kier molecular flexibility index (Phi) is 10.5. The molecule has 1 unspecified atom stereocenters. The van der Waals surface area contributed by atoms with Gasteiger partial charge in [-0.1, -0.05) is 12.1 Å². The minimum atomic E-state index is 0. The number of aliphatic imine (C=N–C) groups is 1. The van der Waals surface area contributed by atoms with Crippen molar-refractivity contribution in [2.75, 3.05) is 40.0 Å². The average molecular weight is 543 g/mol. The number of benzene rings is 1. The van der Waals surface area contributed by atoms with Crippen LogP contribution in [0.3, 0.4) is 0 Å². The molecule has 10 heteroatoms. The molecule has 172 valence electrons. The summed E-state index contributed by atoms with van der Waals surface area (Å²) in [5.41, 5.74) is 1.12. The smallest absolute Gasteiger partial charge is 0.192 e. The summed E-state index contributed by atoms with van der Waals surface area (Å²) in [6.45, 7) is 9.62. The van der Waals surface area contributed by atoms with Gasteiger partial charge >= 0.3 is 0 Å². The average Bonchev–Trinajstić information content (AvgIpc) is 3.11. The van der Waals surface area contributed by atoms with Crippen LogP contribution in [0.15, 0.2) is 29.3 Å². The molecule has 1 fully saturated rings. The summed E-state index contributed by atoms with van der Waals surface area (Å²) in [5.74, 6) is 3.35. The number of morpholine rings is 1. The molecule has 3 rings (SSSR count). The number of guanidine groups is 1. The van der Waals surface area contributed by atoms with Crippen LogP contribution in [-0.2, 0) is 24.9 Å². The van der Waals surface area contributed by atoms with Gasteiger partial charge in [0.2, 0.25) is 0 Å². The molecule has 1 aromatic heterocycles. The van der Waals surface area contributed by atoms with Crippen molar-refractivity contribution in [3.8, 4) is 5.75 Å². The summed E-state index contributed by atoms with van der Waals surface area (Å²) < 4.78 is 12.7. The maximum absolute atomic E-state index is 5.46. The zero-order valence-electron chi connectivity index (χ0n) is 18.8. The highest BCUT2D eigenvalue weighted by molar-refractivity contribution is 14.0. The third-order valence-electron chi connectivity index (χ3n) is 5.41. The SMILES string of the molecule is COc1ccc(CN=C(NCc2nnc(C)n2C)NCC(C)N2CCOCC2)cc1.I. The first-order valence-electron chi connectivity index (χ1n) is 10.4. The minimum Gasteiger partial charge on any atom is -0.497 e. The van der Waals surface area contributed by atoms with Crippen molar-refractivity contribution in [2.24, 2.45) is 12.0 Å².